The van der Waals surface area contributed by atoms with E-state index in [0.717, 1.165) is 30.2 Å². The SMILES string of the molecule is O=S(=O)(CC1CCC(O)CC1)c1ccc(Br)cc1. The predicted molar refractivity (Wildman–Crippen MR) is 74.2 cm³/mol. The molecule has 0 aliphatic heterocycles. The molecule has 0 amide bonds. The van der Waals surface area contributed by atoms with E-state index in [-0.39, 0.29) is 17.8 Å². The average molecular weight is 333 g/mol. The number of hydrogen-bond donors (Lipinski definition) is 1. The van der Waals surface area contributed by atoms with Crippen LogP contribution in [0.4, 0.5) is 0 Å². The van der Waals surface area contributed by atoms with E-state index < -0.39 is 9.84 Å². The van der Waals surface area contributed by atoms with Crippen LogP contribution in [0.5, 0.6) is 0 Å². The molecule has 18 heavy (non-hydrogen) atoms. The Balaban J connectivity index is 2.05. The lowest BCUT2D eigenvalue weighted by Gasteiger charge is -2.25. The molecule has 1 N–H and O–H groups in total. The summed E-state index contributed by atoms with van der Waals surface area (Å²) in [5.41, 5.74) is 0. The minimum Gasteiger partial charge on any atom is -0.393 e. The third kappa shape index (κ3) is 3.56. The van der Waals surface area contributed by atoms with Crippen LogP contribution in [0.25, 0.3) is 0 Å². The highest BCUT2D eigenvalue weighted by atomic mass is 79.9. The molecule has 0 atom stereocenters. The van der Waals surface area contributed by atoms with Crippen molar-refractivity contribution in [3.63, 3.8) is 0 Å². The maximum atomic E-state index is 12.2. The van der Waals surface area contributed by atoms with E-state index in [2.05, 4.69) is 15.9 Å². The van der Waals surface area contributed by atoms with Gasteiger partial charge in [0.25, 0.3) is 0 Å². The smallest absolute Gasteiger partial charge is 0.178 e. The molecule has 0 bridgehead atoms. The van der Waals surface area contributed by atoms with Gasteiger partial charge in [0.05, 0.1) is 16.8 Å². The molecule has 1 saturated carbocycles. The molecule has 1 aromatic carbocycles. The van der Waals surface area contributed by atoms with Gasteiger partial charge in [-0.3, -0.25) is 0 Å². The van der Waals surface area contributed by atoms with E-state index in [9.17, 15) is 13.5 Å². The van der Waals surface area contributed by atoms with Crippen molar-refractivity contribution in [2.75, 3.05) is 5.75 Å². The molecule has 1 aliphatic carbocycles. The molecule has 0 unspecified atom stereocenters. The van der Waals surface area contributed by atoms with Crippen LogP contribution in [0.2, 0.25) is 0 Å². The molecule has 0 saturated heterocycles. The summed E-state index contributed by atoms with van der Waals surface area (Å²) in [6.45, 7) is 0. The van der Waals surface area contributed by atoms with Crippen LogP contribution < -0.4 is 0 Å². The fraction of sp³-hybridized carbons (Fsp3) is 0.538. The monoisotopic (exact) mass is 332 g/mol. The molecule has 0 aromatic heterocycles. The molecular weight excluding hydrogens is 316 g/mol. The molecule has 1 aromatic rings. The van der Waals surface area contributed by atoms with Crippen molar-refractivity contribution in [1.82, 2.24) is 0 Å². The number of rotatable bonds is 3. The van der Waals surface area contributed by atoms with Gasteiger partial charge >= 0.3 is 0 Å². The zero-order valence-corrected chi connectivity index (χ0v) is 12.5. The lowest BCUT2D eigenvalue weighted by atomic mass is 9.89. The van der Waals surface area contributed by atoms with Gasteiger partial charge < -0.3 is 5.11 Å². The minimum atomic E-state index is -3.20. The van der Waals surface area contributed by atoms with Crippen LogP contribution in [0.3, 0.4) is 0 Å². The summed E-state index contributed by atoms with van der Waals surface area (Å²) in [5.74, 6) is 0.378. The first-order chi connectivity index (χ1) is 8.47. The first-order valence-electron chi connectivity index (χ1n) is 6.14. The van der Waals surface area contributed by atoms with Crippen molar-refractivity contribution < 1.29 is 13.5 Å². The van der Waals surface area contributed by atoms with Gasteiger partial charge in [0, 0.05) is 4.47 Å². The van der Waals surface area contributed by atoms with Crippen LogP contribution in [0, 0.1) is 5.92 Å². The maximum absolute atomic E-state index is 12.2. The zero-order chi connectivity index (χ0) is 13.2. The highest BCUT2D eigenvalue weighted by Crippen LogP contribution is 2.27. The van der Waals surface area contributed by atoms with Gasteiger partial charge in [-0.15, -0.1) is 0 Å². The summed E-state index contributed by atoms with van der Waals surface area (Å²) in [4.78, 5) is 0.386. The van der Waals surface area contributed by atoms with Gasteiger partial charge in [0.2, 0.25) is 0 Å². The number of hydrogen-bond acceptors (Lipinski definition) is 3. The van der Waals surface area contributed by atoms with E-state index in [0.29, 0.717) is 4.90 Å². The van der Waals surface area contributed by atoms with Gasteiger partial charge in [-0.25, -0.2) is 8.42 Å². The highest BCUT2D eigenvalue weighted by molar-refractivity contribution is 9.10. The summed E-state index contributed by atoms with van der Waals surface area (Å²) in [7, 11) is -3.20. The minimum absolute atomic E-state index is 0.182. The van der Waals surface area contributed by atoms with Crippen molar-refractivity contribution in [1.29, 1.82) is 0 Å². The molecule has 0 spiro atoms. The Labute approximate surface area is 116 Å². The average Bonchev–Trinajstić information content (AvgIpc) is 2.32. The molecule has 0 heterocycles. The summed E-state index contributed by atoms with van der Waals surface area (Å²) in [6, 6.07) is 6.77. The molecule has 1 aliphatic rings. The quantitative estimate of drug-likeness (QED) is 0.925. The van der Waals surface area contributed by atoms with E-state index in [1.165, 1.54) is 0 Å². The predicted octanol–water partition coefficient (Wildman–Crippen LogP) is 2.77. The summed E-state index contributed by atoms with van der Waals surface area (Å²) < 4.78 is 25.3. The molecule has 2 rings (SSSR count). The topological polar surface area (TPSA) is 54.4 Å². The summed E-state index contributed by atoms with van der Waals surface area (Å²) >= 11 is 3.29. The molecular formula is C13H17BrO3S. The van der Waals surface area contributed by atoms with E-state index >= 15 is 0 Å². The second-order valence-corrected chi connectivity index (χ2v) is 7.86. The Kier molecular flexibility index (Phi) is 4.45. The standard InChI is InChI=1S/C13H17BrO3S/c14-11-3-7-13(8-4-11)18(16,17)9-10-1-5-12(15)6-2-10/h3-4,7-8,10,12,15H,1-2,5-6,9H2. The third-order valence-electron chi connectivity index (χ3n) is 3.44. The van der Waals surface area contributed by atoms with E-state index in [1.807, 2.05) is 0 Å². The van der Waals surface area contributed by atoms with Crippen LogP contribution in [0.15, 0.2) is 33.6 Å². The van der Waals surface area contributed by atoms with Crippen molar-refractivity contribution in [3.05, 3.63) is 28.7 Å². The third-order valence-corrected chi connectivity index (χ3v) is 5.87. The van der Waals surface area contributed by atoms with Crippen molar-refractivity contribution in [2.24, 2.45) is 5.92 Å². The van der Waals surface area contributed by atoms with E-state index in [4.69, 9.17) is 0 Å². The van der Waals surface area contributed by atoms with Gasteiger partial charge in [-0.05, 0) is 55.9 Å². The van der Waals surface area contributed by atoms with Crippen LogP contribution in [-0.4, -0.2) is 25.4 Å². The Bertz CT molecular complexity index is 487. The zero-order valence-electron chi connectivity index (χ0n) is 10.0. The fourth-order valence-corrected chi connectivity index (χ4v) is 4.32. The molecule has 1 fully saturated rings. The number of aliphatic hydroxyl groups excluding tert-OH is 1. The molecule has 0 radical (unpaired) electrons. The van der Waals surface area contributed by atoms with Crippen molar-refractivity contribution in [2.45, 2.75) is 36.7 Å². The van der Waals surface area contributed by atoms with Crippen molar-refractivity contribution >= 4 is 25.8 Å². The highest BCUT2D eigenvalue weighted by Gasteiger charge is 2.25. The lowest BCUT2D eigenvalue weighted by molar-refractivity contribution is 0.113. The fourth-order valence-electron chi connectivity index (χ4n) is 2.36. The second-order valence-electron chi connectivity index (χ2n) is 4.91. The van der Waals surface area contributed by atoms with E-state index in [1.54, 1.807) is 24.3 Å². The van der Waals surface area contributed by atoms with Gasteiger partial charge in [-0.1, -0.05) is 15.9 Å². The molecule has 5 heteroatoms. The van der Waals surface area contributed by atoms with Crippen LogP contribution in [0.1, 0.15) is 25.7 Å². The van der Waals surface area contributed by atoms with Gasteiger partial charge in [0.1, 0.15) is 0 Å². The Morgan fingerprint density at radius 2 is 1.67 bits per heavy atom. The Morgan fingerprint density at radius 3 is 2.22 bits per heavy atom. The Morgan fingerprint density at radius 1 is 1.11 bits per heavy atom. The molecule has 100 valence electrons. The maximum Gasteiger partial charge on any atom is 0.178 e. The van der Waals surface area contributed by atoms with Crippen molar-refractivity contribution in [3.8, 4) is 0 Å². The summed E-state index contributed by atoms with van der Waals surface area (Å²) in [5, 5.41) is 9.42. The van der Waals surface area contributed by atoms with Crippen LogP contribution in [-0.2, 0) is 9.84 Å². The lowest BCUT2D eigenvalue weighted by Crippen LogP contribution is -2.24. The number of halogens is 1. The summed E-state index contributed by atoms with van der Waals surface area (Å²) in [6.07, 6.45) is 2.81. The number of sulfone groups is 1. The largest absolute Gasteiger partial charge is 0.393 e. The Hall–Kier alpha value is -0.390. The molecule has 3 nitrogen and oxygen atoms in total. The number of benzene rings is 1. The van der Waals surface area contributed by atoms with Gasteiger partial charge in [0.15, 0.2) is 9.84 Å². The first kappa shape index (κ1) is 14.0. The van der Waals surface area contributed by atoms with Crippen LogP contribution >= 0.6 is 15.9 Å². The second kappa shape index (κ2) is 5.72. The van der Waals surface area contributed by atoms with Gasteiger partial charge in [-0.2, -0.15) is 0 Å². The number of aliphatic hydroxyl groups is 1. The normalized spacial score (nSPS) is 25.0. The first-order valence-corrected chi connectivity index (χ1v) is 8.58.